The first-order chi connectivity index (χ1) is 7.22. The largest absolute Gasteiger partial charge is 0.298 e. The zero-order valence-electron chi connectivity index (χ0n) is 8.84. The van der Waals surface area contributed by atoms with Gasteiger partial charge in [-0.25, -0.2) is 0 Å². The molecule has 0 saturated carbocycles. The van der Waals surface area contributed by atoms with Crippen molar-refractivity contribution in [1.82, 2.24) is 14.6 Å². The smallest absolute Gasteiger partial charge is 0.171 e. The van der Waals surface area contributed by atoms with E-state index < -0.39 is 0 Å². The molecule has 0 saturated heterocycles. The predicted octanol–water partition coefficient (Wildman–Crippen LogP) is 1.74. The lowest BCUT2D eigenvalue weighted by Gasteiger charge is -2.02. The molecule has 0 fully saturated rings. The molecule has 0 aromatic carbocycles. The van der Waals surface area contributed by atoms with Crippen LogP contribution in [-0.2, 0) is 6.42 Å². The lowest BCUT2D eigenvalue weighted by Crippen LogP contribution is -2.00. The third kappa shape index (κ3) is 1.75. The van der Waals surface area contributed by atoms with Crippen molar-refractivity contribution in [1.29, 1.82) is 0 Å². The average Bonchev–Trinajstić information content (AvgIpc) is 2.61. The maximum atomic E-state index is 10.8. The molecule has 0 spiro atoms. The van der Waals surface area contributed by atoms with E-state index >= 15 is 0 Å². The summed E-state index contributed by atoms with van der Waals surface area (Å²) in [5.74, 6) is 1.43. The molecular weight excluding hydrogens is 190 g/mol. The molecule has 0 unspecified atom stereocenters. The fraction of sp³-hybridized carbons (Fsp3) is 0.364. The summed E-state index contributed by atoms with van der Waals surface area (Å²) in [6, 6.07) is 3.58. The Morgan fingerprint density at radius 1 is 1.47 bits per heavy atom. The molecule has 2 aromatic rings. The summed E-state index contributed by atoms with van der Waals surface area (Å²) < 4.78 is 1.88. The summed E-state index contributed by atoms with van der Waals surface area (Å²) in [6.07, 6.45) is 3.56. The Kier molecular flexibility index (Phi) is 2.49. The Balaban J connectivity index is 2.55. The van der Waals surface area contributed by atoms with Crippen LogP contribution in [0.4, 0.5) is 0 Å². The van der Waals surface area contributed by atoms with Crippen molar-refractivity contribution in [2.45, 2.75) is 20.3 Å². The Labute approximate surface area is 87.9 Å². The number of aldehydes is 1. The minimum absolute atomic E-state index is 0.525. The number of carbonyl (C=O) groups excluding carboxylic acids is 1. The molecule has 78 valence electrons. The van der Waals surface area contributed by atoms with Gasteiger partial charge in [-0.3, -0.25) is 9.20 Å². The van der Waals surface area contributed by atoms with Crippen LogP contribution in [0.1, 0.15) is 30.0 Å². The second kappa shape index (κ2) is 3.81. The summed E-state index contributed by atoms with van der Waals surface area (Å²) in [5, 5.41) is 8.12. The van der Waals surface area contributed by atoms with E-state index in [1.54, 1.807) is 6.07 Å². The van der Waals surface area contributed by atoms with Gasteiger partial charge in [0.25, 0.3) is 0 Å². The predicted molar refractivity (Wildman–Crippen MR) is 56.9 cm³/mol. The minimum atomic E-state index is 0.525. The number of aromatic nitrogens is 3. The summed E-state index contributed by atoms with van der Waals surface area (Å²) in [7, 11) is 0. The zero-order chi connectivity index (χ0) is 10.8. The van der Waals surface area contributed by atoms with E-state index in [0.717, 1.165) is 18.5 Å². The van der Waals surface area contributed by atoms with Crippen molar-refractivity contribution in [3.8, 4) is 0 Å². The summed E-state index contributed by atoms with van der Waals surface area (Å²) in [4.78, 5) is 10.8. The summed E-state index contributed by atoms with van der Waals surface area (Å²) in [6.45, 7) is 4.26. The van der Waals surface area contributed by atoms with Crippen LogP contribution in [0, 0.1) is 5.92 Å². The van der Waals surface area contributed by atoms with Crippen molar-refractivity contribution < 1.29 is 4.79 Å². The van der Waals surface area contributed by atoms with Gasteiger partial charge in [0.1, 0.15) is 5.82 Å². The number of nitrogens with zero attached hydrogens (tertiary/aromatic N) is 3. The fourth-order valence-corrected chi connectivity index (χ4v) is 1.58. The highest BCUT2D eigenvalue weighted by Crippen LogP contribution is 2.11. The first-order valence-corrected chi connectivity index (χ1v) is 5.00. The molecule has 0 atom stereocenters. The number of rotatable bonds is 3. The normalized spacial score (nSPS) is 11.1. The molecule has 0 N–H and O–H groups in total. The zero-order valence-corrected chi connectivity index (χ0v) is 8.84. The second-order valence-corrected chi connectivity index (χ2v) is 3.99. The van der Waals surface area contributed by atoms with Gasteiger partial charge >= 0.3 is 0 Å². The van der Waals surface area contributed by atoms with Gasteiger partial charge in [-0.1, -0.05) is 13.8 Å². The highest BCUT2D eigenvalue weighted by atomic mass is 16.1. The molecule has 2 heterocycles. The SMILES string of the molecule is CC(C)Cc1nnc2c(C=O)cccn12. The third-order valence-electron chi connectivity index (χ3n) is 2.25. The monoisotopic (exact) mass is 203 g/mol. The molecular formula is C11H13N3O. The number of hydrogen-bond donors (Lipinski definition) is 0. The Bertz CT molecular complexity index is 488. The molecule has 2 rings (SSSR count). The molecule has 0 amide bonds. The third-order valence-corrected chi connectivity index (χ3v) is 2.25. The van der Waals surface area contributed by atoms with Gasteiger partial charge in [0.15, 0.2) is 11.9 Å². The van der Waals surface area contributed by atoms with Gasteiger partial charge in [-0.15, -0.1) is 10.2 Å². The van der Waals surface area contributed by atoms with Crippen LogP contribution in [0.2, 0.25) is 0 Å². The lowest BCUT2D eigenvalue weighted by molar-refractivity contribution is 0.112. The van der Waals surface area contributed by atoms with Gasteiger partial charge in [-0.05, 0) is 18.1 Å². The van der Waals surface area contributed by atoms with Gasteiger partial charge in [0.05, 0.1) is 5.56 Å². The number of fused-ring (bicyclic) bond motifs is 1. The number of carbonyl (C=O) groups is 1. The highest BCUT2D eigenvalue weighted by molar-refractivity contribution is 5.83. The van der Waals surface area contributed by atoms with E-state index in [-0.39, 0.29) is 0 Å². The van der Waals surface area contributed by atoms with Crippen LogP contribution in [0.5, 0.6) is 0 Å². The maximum Gasteiger partial charge on any atom is 0.171 e. The van der Waals surface area contributed by atoms with Gasteiger partial charge in [0, 0.05) is 12.6 Å². The molecule has 0 bridgehead atoms. The topological polar surface area (TPSA) is 47.3 Å². The van der Waals surface area contributed by atoms with E-state index in [9.17, 15) is 4.79 Å². The number of pyridine rings is 1. The molecule has 4 heteroatoms. The first-order valence-electron chi connectivity index (χ1n) is 5.00. The standard InChI is InChI=1S/C11H13N3O/c1-8(2)6-10-12-13-11-9(7-15)4-3-5-14(10)11/h3-5,7-8H,6H2,1-2H3. The molecule has 0 aliphatic heterocycles. The summed E-state index contributed by atoms with van der Waals surface area (Å²) >= 11 is 0. The van der Waals surface area contributed by atoms with Crippen LogP contribution >= 0.6 is 0 Å². The minimum Gasteiger partial charge on any atom is -0.298 e. The molecule has 2 aromatic heterocycles. The van der Waals surface area contributed by atoms with E-state index in [1.807, 2.05) is 16.7 Å². The van der Waals surface area contributed by atoms with Gasteiger partial charge < -0.3 is 0 Å². The van der Waals surface area contributed by atoms with Crippen LogP contribution in [0.25, 0.3) is 5.65 Å². The molecule has 4 nitrogen and oxygen atoms in total. The van der Waals surface area contributed by atoms with Crippen molar-refractivity contribution in [2.24, 2.45) is 5.92 Å². The van der Waals surface area contributed by atoms with Gasteiger partial charge in [-0.2, -0.15) is 0 Å². The van der Waals surface area contributed by atoms with E-state index in [1.165, 1.54) is 0 Å². The van der Waals surface area contributed by atoms with Crippen molar-refractivity contribution in [2.75, 3.05) is 0 Å². The Morgan fingerprint density at radius 3 is 2.93 bits per heavy atom. The molecule has 15 heavy (non-hydrogen) atoms. The van der Waals surface area contributed by atoms with Crippen LogP contribution < -0.4 is 0 Å². The van der Waals surface area contributed by atoms with Crippen molar-refractivity contribution in [3.05, 3.63) is 29.7 Å². The fourth-order valence-electron chi connectivity index (χ4n) is 1.58. The van der Waals surface area contributed by atoms with Crippen LogP contribution in [0.15, 0.2) is 18.3 Å². The molecule has 0 aliphatic carbocycles. The second-order valence-electron chi connectivity index (χ2n) is 3.99. The van der Waals surface area contributed by atoms with E-state index in [0.29, 0.717) is 17.1 Å². The van der Waals surface area contributed by atoms with Crippen molar-refractivity contribution >= 4 is 11.9 Å². The van der Waals surface area contributed by atoms with Crippen molar-refractivity contribution in [3.63, 3.8) is 0 Å². The summed E-state index contributed by atoms with van der Waals surface area (Å²) in [5.41, 5.74) is 1.23. The van der Waals surface area contributed by atoms with E-state index in [2.05, 4.69) is 24.0 Å². The maximum absolute atomic E-state index is 10.8. The molecule has 0 radical (unpaired) electrons. The van der Waals surface area contributed by atoms with Crippen LogP contribution in [-0.4, -0.2) is 20.9 Å². The average molecular weight is 203 g/mol. The highest BCUT2D eigenvalue weighted by Gasteiger charge is 2.09. The Morgan fingerprint density at radius 2 is 2.27 bits per heavy atom. The quantitative estimate of drug-likeness (QED) is 0.714. The van der Waals surface area contributed by atoms with E-state index in [4.69, 9.17) is 0 Å². The Hall–Kier alpha value is -1.71. The van der Waals surface area contributed by atoms with Crippen LogP contribution in [0.3, 0.4) is 0 Å². The van der Waals surface area contributed by atoms with Gasteiger partial charge in [0.2, 0.25) is 0 Å². The lowest BCUT2D eigenvalue weighted by atomic mass is 10.1. The number of hydrogen-bond acceptors (Lipinski definition) is 3. The molecule has 0 aliphatic rings. The first kappa shape index (κ1) is 9.83.